The van der Waals surface area contributed by atoms with Crippen LogP contribution in [0.25, 0.3) is 0 Å². The number of ether oxygens (including phenoxy) is 1. The molecule has 1 aromatic heterocycles. The average molecular weight is 276 g/mol. The summed E-state index contributed by atoms with van der Waals surface area (Å²) in [5.74, 6) is 2.03. The molecule has 3 rings (SSSR count). The molecule has 4 nitrogen and oxygen atoms in total. The van der Waals surface area contributed by atoms with Gasteiger partial charge in [0.1, 0.15) is 23.4 Å². The van der Waals surface area contributed by atoms with Crippen LogP contribution in [0.2, 0.25) is 0 Å². The summed E-state index contributed by atoms with van der Waals surface area (Å²) in [4.78, 5) is 4.19. The van der Waals surface area contributed by atoms with E-state index in [4.69, 9.17) is 9.15 Å². The van der Waals surface area contributed by atoms with Crippen molar-refractivity contribution in [3.05, 3.63) is 47.4 Å². The number of aromatic nitrogens is 1. The Morgan fingerprint density at radius 3 is 3.10 bits per heavy atom. The summed E-state index contributed by atoms with van der Waals surface area (Å²) in [5.41, 5.74) is 0.927. The van der Waals surface area contributed by atoms with Crippen LogP contribution in [0.3, 0.4) is 0 Å². The zero-order valence-corrected chi connectivity index (χ0v) is 11.5. The van der Waals surface area contributed by atoms with E-state index in [2.05, 4.69) is 10.3 Å². The maximum absolute atomic E-state index is 13.1. The number of nitrogens with zero attached hydrogens (tertiary/aromatic N) is 1. The van der Waals surface area contributed by atoms with Gasteiger partial charge in [0.15, 0.2) is 0 Å². The quantitative estimate of drug-likeness (QED) is 0.932. The summed E-state index contributed by atoms with van der Waals surface area (Å²) in [6.07, 6.45) is 2.45. The van der Waals surface area contributed by atoms with E-state index >= 15 is 0 Å². The first kappa shape index (κ1) is 13.1. The third-order valence-electron chi connectivity index (χ3n) is 3.43. The Labute approximate surface area is 117 Å². The number of benzene rings is 1. The molecule has 0 bridgehead atoms. The van der Waals surface area contributed by atoms with Crippen molar-refractivity contribution in [2.45, 2.75) is 32.4 Å². The first-order chi connectivity index (χ1) is 9.61. The lowest BCUT2D eigenvalue weighted by molar-refractivity contribution is 0.219. The SMILES string of the molecule is Cc1cnc(C(C)NCC2Cc3cc(F)ccc3O2)o1. The van der Waals surface area contributed by atoms with Gasteiger partial charge in [0, 0.05) is 18.5 Å². The molecule has 0 radical (unpaired) electrons. The third kappa shape index (κ3) is 2.67. The normalized spacial score (nSPS) is 18.6. The van der Waals surface area contributed by atoms with Crippen molar-refractivity contribution in [2.75, 3.05) is 6.54 Å². The van der Waals surface area contributed by atoms with Crippen LogP contribution >= 0.6 is 0 Å². The topological polar surface area (TPSA) is 47.3 Å². The molecule has 0 saturated heterocycles. The van der Waals surface area contributed by atoms with Gasteiger partial charge in [-0.2, -0.15) is 0 Å². The van der Waals surface area contributed by atoms with Gasteiger partial charge in [-0.05, 0) is 32.0 Å². The van der Waals surface area contributed by atoms with Crippen LogP contribution in [0, 0.1) is 12.7 Å². The molecule has 2 atom stereocenters. The zero-order valence-electron chi connectivity index (χ0n) is 11.5. The van der Waals surface area contributed by atoms with Gasteiger partial charge in [-0.1, -0.05) is 0 Å². The minimum absolute atomic E-state index is 0.0188. The largest absolute Gasteiger partial charge is 0.488 e. The Balaban J connectivity index is 1.56. The van der Waals surface area contributed by atoms with Crippen LogP contribution in [0.1, 0.15) is 30.2 Å². The second-order valence-electron chi connectivity index (χ2n) is 5.14. The van der Waals surface area contributed by atoms with Crippen molar-refractivity contribution in [3.8, 4) is 5.75 Å². The fraction of sp³-hybridized carbons (Fsp3) is 0.400. The van der Waals surface area contributed by atoms with Gasteiger partial charge < -0.3 is 14.5 Å². The molecule has 5 heteroatoms. The summed E-state index contributed by atoms with van der Waals surface area (Å²) in [6, 6.07) is 4.67. The maximum atomic E-state index is 13.1. The number of halogens is 1. The summed E-state index contributed by atoms with van der Waals surface area (Å²) >= 11 is 0. The van der Waals surface area contributed by atoms with Gasteiger partial charge in [-0.3, -0.25) is 0 Å². The van der Waals surface area contributed by atoms with Crippen molar-refractivity contribution in [2.24, 2.45) is 0 Å². The van der Waals surface area contributed by atoms with Gasteiger partial charge in [0.2, 0.25) is 5.89 Å². The van der Waals surface area contributed by atoms with Crippen LogP contribution < -0.4 is 10.1 Å². The van der Waals surface area contributed by atoms with Crippen LogP contribution in [-0.2, 0) is 6.42 Å². The van der Waals surface area contributed by atoms with Gasteiger partial charge >= 0.3 is 0 Å². The fourth-order valence-electron chi connectivity index (χ4n) is 2.37. The Morgan fingerprint density at radius 2 is 2.35 bits per heavy atom. The Kier molecular flexibility index (Phi) is 3.44. The summed E-state index contributed by atoms with van der Waals surface area (Å²) in [7, 11) is 0. The lowest BCUT2D eigenvalue weighted by Gasteiger charge is -2.15. The van der Waals surface area contributed by atoms with Crippen molar-refractivity contribution in [1.29, 1.82) is 0 Å². The minimum Gasteiger partial charge on any atom is -0.488 e. The first-order valence-corrected chi connectivity index (χ1v) is 6.72. The molecule has 0 spiro atoms. The van der Waals surface area contributed by atoms with E-state index < -0.39 is 0 Å². The number of aryl methyl sites for hydroxylation is 1. The average Bonchev–Trinajstić information content (AvgIpc) is 3.01. The van der Waals surface area contributed by atoms with E-state index in [0.717, 1.165) is 23.5 Å². The van der Waals surface area contributed by atoms with E-state index in [1.165, 1.54) is 12.1 Å². The highest BCUT2D eigenvalue weighted by molar-refractivity contribution is 5.37. The molecule has 20 heavy (non-hydrogen) atoms. The molecule has 1 N–H and O–H groups in total. The van der Waals surface area contributed by atoms with Crippen molar-refractivity contribution < 1.29 is 13.5 Å². The molecule has 2 unspecified atom stereocenters. The van der Waals surface area contributed by atoms with Gasteiger partial charge in [0.25, 0.3) is 0 Å². The molecule has 0 fully saturated rings. The highest BCUT2D eigenvalue weighted by Crippen LogP contribution is 2.29. The Hall–Kier alpha value is -1.88. The van der Waals surface area contributed by atoms with Gasteiger partial charge in [-0.15, -0.1) is 0 Å². The molecule has 0 amide bonds. The minimum atomic E-state index is -0.218. The molecular formula is C15H17FN2O2. The third-order valence-corrected chi connectivity index (χ3v) is 3.43. The number of hydrogen-bond acceptors (Lipinski definition) is 4. The highest BCUT2D eigenvalue weighted by Gasteiger charge is 2.24. The maximum Gasteiger partial charge on any atom is 0.211 e. The van der Waals surface area contributed by atoms with Crippen molar-refractivity contribution in [3.63, 3.8) is 0 Å². The van der Waals surface area contributed by atoms with Gasteiger partial charge in [0.05, 0.1) is 12.2 Å². The van der Waals surface area contributed by atoms with E-state index in [-0.39, 0.29) is 18.0 Å². The molecule has 106 valence electrons. The van der Waals surface area contributed by atoms with E-state index in [1.807, 2.05) is 13.8 Å². The molecule has 0 aliphatic carbocycles. The van der Waals surface area contributed by atoms with Crippen LogP contribution in [0.4, 0.5) is 4.39 Å². The number of fused-ring (bicyclic) bond motifs is 1. The van der Waals surface area contributed by atoms with Crippen molar-refractivity contribution in [1.82, 2.24) is 10.3 Å². The summed E-state index contributed by atoms with van der Waals surface area (Å²) in [5, 5.41) is 3.33. The zero-order chi connectivity index (χ0) is 14.1. The van der Waals surface area contributed by atoms with Gasteiger partial charge in [-0.25, -0.2) is 9.37 Å². The fourth-order valence-corrected chi connectivity index (χ4v) is 2.37. The summed E-state index contributed by atoms with van der Waals surface area (Å²) in [6.45, 7) is 4.53. The molecule has 1 aliphatic heterocycles. The number of nitrogens with one attached hydrogen (secondary N) is 1. The second kappa shape index (κ2) is 5.25. The Morgan fingerprint density at radius 1 is 1.50 bits per heavy atom. The standard InChI is InChI=1S/C15H17FN2O2/c1-9-7-18-15(19-9)10(2)17-8-13-6-11-5-12(16)3-4-14(11)20-13/h3-5,7,10,13,17H,6,8H2,1-2H3. The Bertz CT molecular complexity index is 612. The van der Waals surface area contributed by atoms with Crippen LogP contribution in [0.15, 0.2) is 28.8 Å². The molecule has 0 saturated carbocycles. The molecule has 1 aliphatic rings. The highest BCUT2D eigenvalue weighted by atomic mass is 19.1. The lowest BCUT2D eigenvalue weighted by atomic mass is 10.1. The monoisotopic (exact) mass is 276 g/mol. The number of hydrogen-bond donors (Lipinski definition) is 1. The van der Waals surface area contributed by atoms with E-state index in [0.29, 0.717) is 12.4 Å². The smallest absolute Gasteiger partial charge is 0.211 e. The van der Waals surface area contributed by atoms with E-state index in [9.17, 15) is 4.39 Å². The second-order valence-corrected chi connectivity index (χ2v) is 5.14. The predicted molar refractivity (Wildman–Crippen MR) is 72.2 cm³/mol. The lowest BCUT2D eigenvalue weighted by Crippen LogP contribution is -2.32. The molecule has 1 aromatic carbocycles. The van der Waals surface area contributed by atoms with Crippen molar-refractivity contribution >= 4 is 0 Å². The number of oxazole rings is 1. The van der Waals surface area contributed by atoms with E-state index in [1.54, 1.807) is 12.3 Å². The van der Waals surface area contributed by atoms with Crippen LogP contribution in [-0.4, -0.2) is 17.6 Å². The van der Waals surface area contributed by atoms with Crippen LogP contribution in [0.5, 0.6) is 5.75 Å². The molecule has 2 heterocycles. The molecule has 2 aromatic rings. The first-order valence-electron chi connectivity index (χ1n) is 6.72. The summed E-state index contributed by atoms with van der Waals surface area (Å²) < 4.78 is 24.4. The molecular weight excluding hydrogens is 259 g/mol. The predicted octanol–water partition coefficient (Wildman–Crippen LogP) is 2.78. The number of rotatable bonds is 4.